The molecule has 4 unspecified atom stereocenters. The van der Waals surface area contributed by atoms with Gasteiger partial charge in [0, 0.05) is 12.3 Å². The fraction of sp³-hybridized carbons (Fsp3) is 0.588. The number of aliphatic carboxylic acids is 3. The fourth-order valence-electron chi connectivity index (χ4n) is 2.43. The molecule has 0 aromatic carbocycles. The SMILES string of the molecule is NC(N)=NCCCC(N)C(=O)NC(CC(=O)O)C(=O)NC(CC(=O)O)C(=O)NC(CS)C(=O)O. The van der Waals surface area contributed by atoms with Crippen LogP contribution in [0.25, 0.3) is 0 Å². The van der Waals surface area contributed by atoms with Gasteiger partial charge in [-0.15, -0.1) is 0 Å². The van der Waals surface area contributed by atoms with E-state index in [0.29, 0.717) is 6.42 Å². The first kappa shape index (κ1) is 30.4. The van der Waals surface area contributed by atoms with Crippen LogP contribution in [0.3, 0.4) is 0 Å². The first-order valence-electron chi connectivity index (χ1n) is 9.77. The maximum absolute atomic E-state index is 12.6. The van der Waals surface area contributed by atoms with Crippen molar-refractivity contribution < 1.29 is 44.1 Å². The Morgan fingerprint density at radius 2 is 1.24 bits per heavy atom. The molecule has 0 radical (unpaired) electrons. The van der Waals surface area contributed by atoms with Crippen LogP contribution in [0.4, 0.5) is 0 Å². The Hall–Kier alpha value is -3.60. The molecule has 0 aromatic rings. The number of carboxylic acid groups (broad SMARTS) is 3. The van der Waals surface area contributed by atoms with Gasteiger partial charge in [0.25, 0.3) is 0 Å². The third kappa shape index (κ3) is 12.4. The van der Waals surface area contributed by atoms with Gasteiger partial charge < -0.3 is 48.5 Å². The van der Waals surface area contributed by atoms with E-state index in [1.165, 1.54) is 0 Å². The third-order valence-electron chi connectivity index (χ3n) is 4.12. The molecule has 0 saturated heterocycles. The van der Waals surface area contributed by atoms with Crippen molar-refractivity contribution in [2.24, 2.45) is 22.2 Å². The van der Waals surface area contributed by atoms with E-state index >= 15 is 0 Å². The Balaban J connectivity index is 5.35. The summed E-state index contributed by atoms with van der Waals surface area (Å²) in [6.45, 7) is 0.179. The molecule has 0 fully saturated rings. The number of nitrogens with one attached hydrogen (secondary N) is 3. The van der Waals surface area contributed by atoms with Gasteiger partial charge in [0.15, 0.2) is 5.96 Å². The Bertz CT molecular complexity index is 804. The second-order valence-corrected chi connectivity index (χ2v) is 7.32. The number of carbonyl (C=O) groups is 6. The second-order valence-electron chi connectivity index (χ2n) is 6.96. The minimum atomic E-state index is -1.77. The summed E-state index contributed by atoms with van der Waals surface area (Å²) in [5, 5.41) is 33.2. The lowest BCUT2D eigenvalue weighted by atomic mass is 10.1. The number of carboxylic acids is 3. The summed E-state index contributed by atoms with van der Waals surface area (Å²) in [6, 6.07) is -6.11. The summed E-state index contributed by atoms with van der Waals surface area (Å²) in [5.41, 5.74) is 16.1. The standard InChI is InChI=1S/C17H29N7O9S/c18-7(2-1-3-21-17(19)20)13(29)22-8(4-11(25)26)14(30)23-9(5-12(27)28)15(31)24-10(6-34)16(32)33/h7-10,34H,1-6,18H2,(H,22,29)(H,23,30)(H,24,31)(H,25,26)(H,27,28)(H,32,33)(H4,19,20,21). The van der Waals surface area contributed by atoms with Crippen molar-refractivity contribution in [3.05, 3.63) is 0 Å². The van der Waals surface area contributed by atoms with Crippen molar-refractivity contribution in [3.8, 4) is 0 Å². The Morgan fingerprint density at radius 1 is 0.794 bits per heavy atom. The number of thiol groups is 1. The Morgan fingerprint density at radius 3 is 1.62 bits per heavy atom. The number of amides is 3. The monoisotopic (exact) mass is 507 g/mol. The number of carbonyl (C=O) groups excluding carboxylic acids is 3. The van der Waals surface area contributed by atoms with Crippen molar-refractivity contribution in [3.63, 3.8) is 0 Å². The van der Waals surface area contributed by atoms with Crippen LogP contribution in [0.1, 0.15) is 25.7 Å². The number of hydrogen-bond donors (Lipinski definition) is 10. The Kier molecular flexibility index (Phi) is 13.7. The van der Waals surface area contributed by atoms with Crippen LogP contribution < -0.4 is 33.2 Å². The summed E-state index contributed by atoms with van der Waals surface area (Å²) in [7, 11) is 0. The highest BCUT2D eigenvalue weighted by Gasteiger charge is 2.32. The number of rotatable bonds is 16. The van der Waals surface area contributed by atoms with E-state index in [4.69, 9.17) is 32.5 Å². The number of nitrogens with zero attached hydrogens (tertiary/aromatic N) is 1. The van der Waals surface area contributed by atoms with Gasteiger partial charge in [0.05, 0.1) is 18.9 Å². The van der Waals surface area contributed by atoms with Crippen LogP contribution >= 0.6 is 12.6 Å². The maximum atomic E-state index is 12.6. The smallest absolute Gasteiger partial charge is 0.327 e. The minimum absolute atomic E-state index is 0.0916. The molecule has 12 N–H and O–H groups in total. The van der Waals surface area contributed by atoms with Crippen LogP contribution in [-0.2, 0) is 28.8 Å². The summed E-state index contributed by atoms with van der Waals surface area (Å²) in [5.74, 6) is -8.16. The maximum Gasteiger partial charge on any atom is 0.327 e. The topological polar surface area (TPSA) is 290 Å². The normalized spacial score (nSPS) is 13.9. The summed E-state index contributed by atoms with van der Waals surface area (Å²) in [6.07, 6.45) is -1.46. The molecular formula is C17H29N7O9S. The molecule has 3 amide bonds. The lowest BCUT2D eigenvalue weighted by molar-refractivity contribution is -0.144. The highest BCUT2D eigenvalue weighted by atomic mass is 32.1. The van der Waals surface area contributed by atoms with Gasteiger partial charge in [0.1, 0.15) is 18.1 Å². The molecule has 0 spiro atoms. The predicted molar refractivity (Wildman–Crippen MR) is 120 cm³/mol. The molecule has 0 aliphatic heterocycles. The van der Waals surface area contributed by atoms with Gasteiger partial charge in [-0.25, -0.2) is 4.79 Å². The molecule has 0 heterocycles. The highest BCUT2D eigenvalue weighted by molar-refractivity contribution is 7.80. The highest BCUT2D eigenvalue weighted by Crippen LogP contribution is 2.02. The van der Waals surface area contributed by atoms with E-state index in [9.17, 15) is 28.8 Å². The molecule has 0 aliphatic rings. The van der Waals surface area contributed by atoms with Crippen LogP contribution in [0.15, 0.2) is 4.99 Å². The zero-order valence-corrected chi connectivity index (χ0v) is 18.9. The molecular weight excluding hydrogens is 478 g/mol. The molecule has 16 nitrogen and oxygen atoms in total. The molecule has 0 aromatic heterocycles. The zero-order chi connectivity index (χ0) is 26.4. The van der Waals surface area contributed by atoms with Gasteiger partial charge in [-0.1, -0.05) is 0 Å². The number of hydrogen-bond acceptors (Lipinski definition) is 9. The van der Waals surface area contributed by atoms with E-state index in [1.807, 2.05) is 10.6 Å². The van der Waals surface area contributed by atoms with E-state index < -0.39 is 72.6 Å². The van der Waals surface area contributed by atoms with E-state index in [1.54, 1.807) is 0 Å². The summed E-state index contributed by atoms with van der Waals surface area (Å²) in [4.78, 5) is 74.2. The van der Waals surface area contributed by atoms with Crippen molar-refractivity contribution in [2.45, 2.75) is 49.9 Å². The molecule has 17 heteroatoms. The molecule has 192 valence electrons. The zero-order valence-electron chi connectivity index (χ0n) is 18.0. The van der Waals surface area contributed by atoms with Gasteiger partial charge in [-0.2, -0.15) is 12.6 Å². The molecule has 0 bridgehead atoms. The lowest BCUT2D eigenvalue weighted by Crippen LogP contribution is -2.58. The largest absolute Gasteiger partial charge is 0.481 e. The lowest BCUT2D eigenvalue weighted by Gasteiger charge is -2.23. The average molecular weight is 508 g/mol. The van der Waals surface area contributed by atoms with Crippen molar-refractivity contribution in [2.75, 3.05) is 12.3 Å². The predicted octanol–water partition coefficient (Wildman–Crippen LogP) is -4.21. The molecule has 0 rings (SSSR count). The van der Waals surface area contributed by atoms with Gasteiger partial charge in [0.2, 0.25) is 17.7 Å². The van der Waals surface area contributed by atoms with E-state index in [0.717, 1.165) is 0 Å². The van der Waals surface area contributed by atoms with Crippen molar-refractivity contribution >= 4 is 54.2 Å². The first-order valence-corrected chi connectivity index (χ1v) is 10.4. The molecule has 4 atom stereocenters. The number of nitrogens with two attached hydrogens (primary N) is 3. The average Bonchev–Trinajstić information content (AvgIpc) is 2.72. The van der Waals surface area contributed by atoms with E-state index in [2.05, 4.69) is 22.9 Å². The van der Waals surface area contributed by atoms with Crippen LogP contribution in [0, 0.1) is 0 Å². The summed E-state index contributed by atoms with van der Waals surface area (Å²) >= 11 is 3.76. The van der Waals surface area contributed by atoms with Crippen LogP contribution in [-0.4, -0.2) is 93.4 Å². The molecule has 34 heavy (non-hydrogen) atoms. The summed E-state index contributed by atoms with van der Waals surface area (Å²) < 4.78 is 0. The number of aliphatic imine (C=N–C) groups is 1. The number of guanidine groups is 1. The minimum Gasteiger partial charge on any atom is -0.481 e. The van der Waals surface area contributed by atoms with Gasteiger partial charge >= 0.3 is 17.9 Å². The fourth-order valence-corrected chi connectivity index (χ4v) is 2.67. The van der Waals surface area contributed by atoms with Crippen molar-refractivity contribution in [1.82, 2.24) is 16.0 Å². The Labute approximate surface area is 199 Å². The van der Waals surface area contributed by atoms with Gasteiger partial charge in [-0.05, 0) is 12.8 Å². The van der Waals surface area contributed by atoms with Gasteiger partial charge in [-0.3, -0.25) is 29.0 Å². The van der Waals surface area contributed by atoms with Crippen molar-refractivity contribution in [1.29, 1.82) is 0 Å². The second kappa shape index (κ2) is 15.3. The third-order valence-corrected chi connectivity index (χ3v) is 4.49. The van der Waals surface area contributed by atoms with Crippen LogP contribution in [0.2, 0.25) is 0 Å². The first-order chi connectivity index (χ1) is 15.8. The van der Waals surface area contributed by atoms with Crippen LogP contribution in [0.5, 0.6) is 0 Å². The quantitative estimate of drug-likeness (QED) is 0.0411. The van der Waals surface area contributed by atoms with E-state index in [-0.39, 0.29) is 24.7 Å². The molecule has 0 aliphatic carbocycles. The molecule has 0 saturated carbocycles.